The van der Waals surface area contributed by atoms with Crippen LogP contribution in [0, 0.1) is 0 Å². The maximum absolute atomic E-state index is 12.0. The van der Waals surface area contributed by atoms with Crippen molar-refractivity contribution in [2.24, 2.45) is 0 Å². The number of benzene rings is 1. The number of pyridine rings is 1. The predicted octanol–water partition coefficient (Wildman–Crippen LogP) is 3.12. The number of hydrogen-bond donors (Lipinski definition) is 0. The first-order valence-corrected chi connectivity index (χ1v) is 6.58. The zero-order chi connectivity index (χ0) is 14.3. The molecule has 1 aliphatic rings. The van der Waals surface area contributed by atoms with Crippen molar-refractivity contribution in [2.75, 3.05) is 4.90 Å². The number of ketones is 1. The lowest BCUT2D eigenvalue weighted by atomic mass is 10.2. The summed E-state index contributed by atoms with van der Waals surface area (Å²) in [6, 6.07) is 8.31. The molecule has 0 radical (unpaired) electrons. The quantitative estimate of drug-likeness (QED) is 0.801. The second-order valence-electron chi connectivity index (χ2n) is 4.34. The summed E-state index contributed by atoms with van der Waals surface area (Å²) in [7, 11) is 0. The molecule has 0 aliphatic carbocycles. The predicted molar refractivity (Wildman–Crippen MR) is 76.2 cm³/mol. The lowest BCUT2D eigenvalue weighted by molar-refractivity contribution is -0.114. The molecule has 1 aromatic carbocycles. The Morgan fingerprint density at radius 2 is 1.90 bits per heavy atom. The lowest BCUT2D eigenvalue weighted by Gasteiger charge is -2.15. The Bertz CT molecular complexity index is 731. The molecule has 1 amide bonds. The fourth-order valence-electron chi connectivity index (χ4n) is 2.09. The van der Waals surface area contributed by atoms with E-state index in [2.05, 4.69) is 4.98 Å². The Balaban J connectivity index is 1.97. The Kier molecular flexibility index (Phi) is 3.20. The highest BCUT2D eigenvalue weighted by atomic mass is 35.5. The Morgan fingerprint density at radius 1 is 1.10 bits per heavy atom. The number of anilines is 1. The van der Waals surface area contributed by atoms with Crippen LogP contribution >= 0.6 is 23.2 Å². The first-order chi connectivity index (χ1) is 9.58. The molecule has 2 aromatic rings. The molecule has 1 aromatic heterocycles. The van der Waals surface area contributed by atoms with Gasteiger partial charge in [-0.15, -0.1) is 0 Å². The molecule has 3 rings (SSSR count). The molecule has 0 saturated carbocycles. The fraction of sp³-hybridized carbons (Fsp3) is 0.0714. The number of aromatic nitrogens is 1. The summed E-state index contributed by atoms with van der Waals surface area (Å²) in [5.74, 6) is -0.730. The van der Waals surface area contributed by atoms with Crippen LogP contribution in [0.15, 0.2) is 36.5 Å². The summed E-state index contributed by atoms with van der Waals surface area (Å²) < 4.78 is 0. The van der Waals surface area contributed by atoms with E-state index >= 15 is 0 Å². The second kappa shape index (κ2) is 4.89. The zero-order valence-corrected chi connectivity index (χ0v) is 11.6. The average Bonchev–Trinajstić information content (AvgIpc) is 2.69. The molecule has 0 atom stereocenters. The number of amides is 1. The van der Waals surface area contributed by atoms with Crippen molar-refractivity contribution in [1.82, 2.24) is 4.98 Å². The molecule has 100 valence electrons. The van der Waals surface area contributed by atoms with Crippen LogP contribution in [0.1, 0.15) is 15.9 Å². The van der Waals surface area contributed by atoms with E-state index in [9.17, 15) is 9.59 Å². The van der Waals surface area contributed by atoms with E-state index in [-0.39, 0.29) is 6.54 Å². The molecule has 0 spiro atoms. The molecule has 0 N–H and O–H groups in total. The number of rotatable bonds is 2. The van der Waals surface area contributed by atoms with Crippen LogP contribution in [0.5, 0.6) is 0 Å². The molecule has 0 saturated heterocycles. The summed E-state index contributed by atoms with van der Waals surface area (Å²) in [6.07, 6.45) is 1.55. The van der Waals surface area contributed by atoms with Gasteiger partial charge in [-0.3, -0.25) is 14.5 Å². The summed E-state index contributed by atoms with van der Waals surface area (Å²) in [5.41, 5.74) is 1.11. The molecule has 0 bridgehead atoms. The van der Waals surface area contributed by atoms with Crippen molar-refractivity contribution in [1.29, 1.82) is 0 Å². The first kappa shape index (κ1) is 13.1. The maximum Gasteiger partial charge on any atom is 0.301 e. The molecule has 0 unspecified atom stereocenters. The first-order valence-electron chi connectivity index (χ1n) is 5.83. The van der Waals surface area contributed by atoms with Gasteiger partial charge >= 0.3 is 5.91 Å². The highest BCUT2D eigenvalue weighted by Crippen LogP contribution is 2.29. The second-order valence-corrected chi connectivity index (χ2v) is 5.16. The largest absolute Gasteiger partial charge is 0.301 e. The number of carbonyl (C=O) groups is 2. The number of fused-ring (bicyclic) bond motifs is 1. The minimum Gasteiger partial charge on any atom is -0.285 e. The Labute approximate surface area is 124 Å². The monoisotopic (exact) mass is 306 g/mol. The minimum atomic E-state index is -0.579. The highest BCUT2D eigenvalue weighted by molar-refractivity contribution is 6.51. The SMILES string of the molecule is O=C1C(=O)N(Cc2ccc(Cl)c(Cl)c2)c2ncccc21. The van der Waals surface area contributed by atoms with Crippen LogP contribution in [-0.2, 0) is 11.3 Å². The van der Waals surface area contributed by atoms with Crippen molar-refractivity contribution >= 4 is 40.7 Å². The van der Waals surface area contributed by atoms with Gasteiger partial charge in [-0.1, -0.05) is 29.3 Å². The van der Waals surface area contributed by atoms with E-state index < -0.39 is 11.7 Å². The standard InChI is InChI=1S/C14H8Cl2N2O2/c15-10-4-3-8(6-11(10)16)7-18-13-9(2-1-5-17-13)12(19)14(18)20/h1-6H,7H2. The van der Waals surface area contributed by atoms with Gasteiger partial charge in [-0.05, 0) is 29.8 Å². The zero-order valence-electron chi connectivity index (χ0n) is 10.1. The number of hydrogen-bond acceptors (Lipinski definition) is 3. The smallest absolute Gasteiger partial charge is 0.285 e. The summed E-state index contributed by atoms with van der Waals surface area (Å²) in [4.78, 5) is 29.3. The molecular weight excluding hydrogens is 299 g/mol. The average molecular weight is 307 g/mol. The summed E-state index contributed by atoms with van der Waals surface area (Å²) in [6.45, 7) is 0.228. The van der Waals surface area contributed by atoms with Gasteiger partial charge in [0.15, 0.2) is 0 Å². The van der Waals surface area contributed by atoms with Crippen LogP contribution in [0.25, 0.3) is 0 Å². The van der Waals surface area contributed by atoms with Gasteiger partial charge in [0.1, 0.15) is 5.82 Å². The topological polar surface area (TPSA) is 50.3 Å². The van der Waals surface area contributed by atoms with E-state index in [0.29, 0.717) is 21.4 Å². The van der Waals surface area contributed by atoms with Crippen LogP contribution in [0.3, 0.4) is 0 Å². The lowest BCUT2D eigenvalue weighted by Crippen LogP contribution is -2.29. The van der Waals surface area contributed by atoms with Crippen molar-refractivity contribution in [3.63, 3.8) is 0 Å². The Hall–Kier alpha value is -1.91. The normalized spacial score (nSPS) is 13.8. The van der Waals surface area contributed by atoms with Crippen molar-refractivity contribution in [3.8, 4) is 0 Å². The number of halogens is 2. The summed E-state index contributed by atoms with van der Waals surface area (Å²) in [5, 5.41) is 0.848. The van der Waals surface area contributed by atoms with E-state index in [0.717, 1.165) is 5.56 Å². The molecule has 6 heteroatoms. The molecule has 0 fully saturated rings. The van der Waals surface area contributed by atoms with Crippen LogP contribution in [0.4, 0.5) is 5.82 Å². The van der Waals surface area contributed by atoms with Crippen molar-refractivity contribution in [2.45, 2.75) is 6.54 Å². The molecule has 2 heterocycles. The van der Waals surface area contributed by atoms with Gasteiger partial charge in [-0.2, -0.15) is 0 Å². The van der Waals surface area contributed by atoms with Crippen molar-refractivity contribution in [3.05, 3.63) is 57.7 Å². The number of carbonyl (C=O) groups excluding carboxylic acids is 2. The minimum absolute atomic E-state index is 0.228. The van der Waals surface area contributed by atoms with Crippen LogP contribution < -0.4 is 4.90 Å². The van der Waals surface area contributed by atoms with Crippen molar-refractivity contribution < 1.29 is 9.59 Å². The van der Waals surface area contributed by atoms with Gasteiger partial charge in [-0.25, -0.2) is 4.98 Å². The third kappa shape index (κ3) is 2.07. The third-order valence-electron chi connectivity index (χ3n) is 3.05. The molecule has 1 aliphatic heterocycles. The van der Waals surface area contributed by atoms with Gasteiger partial charge in [0.2, 0.25) is 0 Å². The van der Waals surface area contributed by atoms with Gasteiger partial charge in [0.05, 0.1) is 22.2 Å². The van der Waals surface area contributed by atoms with Crippen LogP contribution in [0.2, 0.25) is 10.0 Å². The summed E-state index contributed by atoms with van der Waals surface area (Å²) >= 11 is 11.8. The highest BCUT2D eigenvalue weighted by Gasteiger charge is 2.36. The molecule has 4 nitrogen and oxygen atoms in total. The van der Waals surface area contributed by atoms with E-state index in [1.165, 1.54) is 4.90 Å². The van der Waals surface area contributed by atoms with Gasteiger partial charge < -0.3 is 0 Å². The van der Waals surface area contributed by atoms with Gasteiger partial charge in [0.25, 0.3) is 5.78 Å². The van der Waals surface area contributed by atoms with E-state index in [1.54, 1.807) is 36.5 Å². The Morgan fingerprint density at radius 3 is 2.65 bits per heavy atom. The fourth-order valence-corrected chi connectivity index (χ4v) is 2.41. The third-order valence-corrected chi connectivity index (χ3v) is 3.79. The molecule has 20 heavy (non-hydrogen) atoms. The maximum atomic E-state index is 12.0. The molecular formula is C14H8Cl2N2O2. The number of Topliss-reactive ketones (excluding diaryl/α,β-unsaturated/α-hetero) is 1. The van der Waals surface area contributed by atoms with E-state index in [1.807, 2.05) is 0 Å². The van der Waals surface area contributed by atoms with Crippen LogP contribution in [-0.4, -0.2) is 16.7 Å². The van der Waals surface area contributed by atoms with Gasteiger partial charge in [0, 0.05) is 6.20 Å². The number of nitrogens with zero attached hydrogens (tertiary/aromatic N) is 2. The van der Waals surface area contributed by atoms with E-state index in [4.69, 9.17) is 23.2 Å².